The molecule has 1 aliphatic rings. The van der Waals surface area contributed by atoms with Gasteiger partial charge in [-0.25, -0.2) is 4.39 Å². The second kappa shape index (κ2) is 11.6. The Morgan fingerprint density at radius 1 is 1.14 bits per heavy atom. The Labute approximate surface area is 215 Å². The van der Waals surface area contributed by atoms with Gasteiger partial charge in [0.25, 0.3) is 5.91 Å². The Morgan fingerprint density at radius 3 is 2.67 bits per heavy atom. The number of benzene rings is 2. The zero-order valence-corrected chi connectivity index (χ0v) is 21.6. The van der Waals surface area contributed by atoms with E-state index in [2.05, 4.69) is 0 Å². The normalized spacial score (nSPS) is 14.9. The van der Waals surface area contributed by atoms with Crippen molar-refractivity contribution in [2.45, 2.75) is 26.3 Å². The number of nitrogens with zero attached hydrogens (tertiary/aromatic N) is 2. The van der Waals surface area contributed by atoms with Crippen LogP contribution in [-0.4, -0.2) is 55.0 Å². The monoisotopic (exact) mass is 510 g/mol. The quantitative estimate of drug-likeness (QED) is 0.397. The van der Waals surface area contributed by atoms with Crippen molar-refractivity contribution in [3.63, 3.8) is 0 Å². The molecule has 6 nitrogen and oxygen atoms in total. The molecule has 1 aromatic heterocycles. The van der Waals surface area contributed by atoms with Crippen LogP contribution in [0.3, 0.4) is 0 Å². The van der Waals surface area contributed by atoms with E-state index in [9.17, 15) is 14.0 Å². The van der Waals surface area contributed by atoms with Gasteiger partial charge in [-0.15, -0.1) is 11.3 Å². The molecule has 0 unspecified atom stereocenters. The first-order chi connectivity index (χ1) is 17.4. The van der Waals surface area contributed by atoms with E-state index in [1.54, 1.807) is 29.4 Å². The van der Waals surface area contributed by atoms with Gasteiger partial charge >= 0.3 is 0 Å². The van der Waals surface area contributed by atoms with Gasteiger partial charge in [0.15, 0.2) is 0 Å². The highest BCUT2D eigenvalue weighted by atomic mass is 32.1. The number of amides is 2. The smallest absolute Gasteiger partial charge is 0.254 e. The maximum Gasteiger partial charge on any atom is 0.254 e. The molecule has 0 bridgehead atoms. The molecule has 2 aromatic carbocycles. The first kappa shape index (κ1) is 25.7. The summed E-state index contributed by atoms with van der Waals surface area (Å²) in [4.78, 5) is 31.4. The minimum Gasteiger partial charge on any atom is -0.497 e. The molecule has 8 heteroatoms. The fourth-order valence-electron chi connectivity index (χ4n) is 4.46. The van der Waals surface area contributed by atoms with E-state index in [0.29, 0.717) is 24.6 Å². The Balaban J connectivity index is 1.54. The van der Waals surface area contributed by atoms with Crippen LogP contribution in [0.4, 0.5) is 4.39 Å². The minimum absolute atomic E-state index is 0.0807. The predicted octanol–water partition coefficient (Wildman–Crippen LogP) is 5.20. The number of carbonyl (C=O) groups is 2. The maximum absolute atomic E-state index is 13.8. The maximum atomic E-state index is 13.8. The van der Waals surface area contributed by atoms with E-state index >= 15 is 0 Å². The fourth-order valence-corrected chi connectivity index (χ4v) is 5.39. The SMILES string of the molecule is COc1cccc(OC[C@H]2c3ccsc3CCN2C(=O)CN(CC(C)C)C(=O)c2cccc(F)c2)c1. The van der Waals surface area contributed by atoms with E-state index in [0.717, 1.165) is 12.0 Å². The number of fused-ring (bicyclic) bond motifs is 1. The van der Waals surface area contributed by atoms with Gasteiger partial charge < -0.3 is 19.3 Å². The molecule has 0 fully saturated rings. The summed E-state index contributed by atoms with van der Waals surface area (Å²) in [6.07, 6.45) is 0.760. The Bertz CT molecular complexity index is 1210. The van der Waals surface area contributed by atoms with Crippen molar-refractivity contribution in [2.24, 2.45) is 5.92 Å². The predicted molar refractivity (Wildman–Crippen MR) is 138 cm³/mol. The minimum atomic E-state index is -0.479. The summed E-state index contributed by atoms with van der Waals surface area (Å²) >= 11 is 1.68. The van der Waals surface area contributed by atoms with Gasteiger partial charge in [0.1, 0.15) is 30.5 Å². The van der Waals surface area contributed by atoms with Crippen molar-refractivity contribution in [3.05, 3.63) is 81.8 Å². The molecule has 0 saturated carbocycles. The van der Waals surface area contributed by atoms with Crippen molar-refractivity contribution in [2.75, 3.05) is 33.4 Å². The van der Waals surface area contributed by atoms with Gasteiger partial charge in [-0.3, -0.25) is 9.59 Å². The Hall–Kier alpha value is -3.39. The van der Waals surface area contributed by atoms with E-state index in [4.69, 9.17) is 9.47 Å². The molecular weight excluding hydrogens is 479 g/mol. The second-order valence-electron chi connectivity index (χ2n) is 9.23. The zero-order valence-electron chi connectivity index (χ0n) is 20.8. The summed E-state index contributed by atoms with van der Waals surface area (Å²) in [7, 11) is 1.60. The third-order valence-corrected chi connectivity index (χ3v) is 7.13. The topological polar surface area (TPSA) is 59.1 Å². The van der Waals surface area contributed by atoms with E-state index < -0.39 is 5.82 Å². The molecule has 3 aromatic rings. The number of methoxy groups -OCH3 is 1. The van der Waals surface area contributed by atoms with E-state index in [-0.39, 0.29) is 42.5 Å². The number of hydrogen-bond donors (Lipinski definition) is 0. The highest BCUT2D eigenvalue weighted by Gasteiger charge is 2.34. The molecule has 2 heterocycles. The number of ether oxygens (including phenoxy) is 2. The van der Waals surface area contributed by atoms with Gasteiger partial charge in [0.2, 0.25) is 5.91 Å². The molecule has 0 spiro atoms. The number of halogens is 1. The lowest BCUT2D eigenvalue weighted by Gasteiger charge is -2.37. The van der Waals surface area contributed by atoms with Gasteiger partial charge in [-0.05, 0) is 59.7 Å². The van der Waals surface area contributed by atoms with Crippen LogP contribution in [0.1, 0.15) is 40.7 Å². The van der Waals surface area contributed by atoms with Crippen LogP contribution in [0.2, 0.25) is 0 Å². The first-order valence-electron chi connectivity index (χ1n) is 12.0. The highest BCUT2D eigenvalue weighted by Crippen LogP contribution is 2.34. The Morgan fingerprint density at radius 2 is 1.92 bits per heavy atom. The van der Waals surface area contributed by atoms with Gasteiger partial charge in [0, 0.05) is 29.6 Å². The summed E-state index contributed by atoms with van der Waals surface area (Å²) in [5.74, 6) is 0.512. The lowest BCUT2D eigenvalue weighted by atomic mass is 10.00. The second-order valence-corrected chi connectivity index (χ2v) is 10.2. The van der Waals surface area contributed by atoms with Crippen molar-refractivity contribution >= 4 is 23.2 Å². The van der Waals surface area contributed by atoms with Crippen molar-refractivity contribution < 1.29 is 23.5 Å². The van der Waals surface area contributed by atoms with Crippen LogP contribution in [0, 0.1) is 11.7 Å². The zero-order chi connectivity index (χ0) is 25.7. The lowest BCUT2D eigenvalue weighted by Crippen LogP contribution is -2.48. The van der Waals surface area contributed by atoms with Gasteiger partial charge in [-0.2, -0.15) is 0 Å². The van der Waals surface area contributed by atoms with E-state index in [1.165, 1.54) is 28.0 Å². The van der Waals surface area contributed by atoms with Crippen LogP contribution < -0.4 is 9.47 Å². The molecule has 1 aliphatic heterocycles. The van der Waals surface area contributed by atoms with Crippen LogP contribution >= 0.6 is 11.3 Å². The fraction of sp³-hybridized carbons (Fsp3) is 0.357. The van der Waals surface area contributed by atoms with Crippen LogP contribution in [0.15, 0.2) is 60.0 Å². The lowest BCUT2D eigenvalue weighted by molar-refractivity contribution is -0.135. The molecule has 190 valence electrons. The van der Waals surface area contributed by atoms with E-state index in [1.807, 2.05) is 49.6 Å². The summed E-state index contributed by atoms with van der Waals surface area (Å²) in [6, 6.07) is 14.7. The summed E-state index contributed by atoms with van der Waals surface area (Å²) in [6.45, 7) is 5.11. The molecule has 0 radical (unpaired) electrons. The standard InChI is InChI=1S/C28H31FN2O4S/c1-19(2)16-30(28(33)20-6-4-7-21(29)14-20)17-27(32)31-12-10-26-24(11-13-36-26)25(31)18-35-23-9-5-8-22(15-23)34-3/h4-9,11,13-15,19,25H,10,12,16-18H2,1-3H3/t25-/m0/s1. The number of thiophene rings is 1. The van der Waals surface area contributed by atoms with Crippen molar-refractivity contribution in [3.8, 4) is 11.5 Å². The highest BCUT2D eigenvalue weighted by molar-refractivity contribution is 7.10. The van der Waals surface area contributed by atoms with Crippen molar-refractivity contribution in [1.29, 1.82) is 0 Å². The summed E-state index contributed by atoms with van der Waals surface area (Å²) in [5, 5.41) is 2.04. The average Bonchev–Trinajstić information content (AvgIpc) is 3.35. The number of hydrogen-bond acceptors (Lipinski definition) is 5. The Kier molecular flexibility index (Phi) is 8.25. The summed E-state index contributed by atoms with van der Waals surface area (Å²) < 4.78 is 25.2. The molecule has 2 amide bonds. The third-order valence-electron chi connectivity index (χ3n) is 6.13. The summed E-state index contributed by atoms with van der Waals surface area (Å²) in [5.41, 5.74) is 1.31. The van der Waals surface area contributed by atoms with Gasteiger partial charge in [-0.1, -0.05) is 26.0 Å². The van der Waals surface area contributed by atoms with Crippen LogP contribution in [-0.2, 0) is 11.2 Å². The van der Waals surface area contributed by atoms with Gasteiger partial charge in [0.05, 0.1) is 13.2 Å². The molecule has 1 atom stereocenters. The average molecular weight is 511 g/mol. The molecule has 36 heavy (non-hydrogen) atoms. The molecule has 0 saturated heterocycles. The third kappa shape index (κ3) is 6.05. The molecule has 0 N–H and O–H groups in total. The first-order valence-corrected chi connectivity index (χ1v) is 12.9. The van der Waals surface area contributed by atoms with Crippen LogP contribution in [0.25, 0.3) is 0 Å². The molecular formula is C28H31FN2O4S. The van der Waals surface area contributed by atoms with Crippen LogP contribution in [0.5, 0.6) is 11.5 Å². The largest absolute Gasteiger partial charge is 0.497 e. The van der Waals surface area contributed by atoms with Crippen molar-refractivity contribution in [1.82, 2.24) is 9.80 Å². The molecule has 4 rings (SSSR count). The number of carbonyl (C=O) groups excluding carboxylic acids is 2. The number of rotatable bonds is 9. The molecule has 0 aliphatic carbocycles.